The number of nitrogens with one attached hydrogen (secondary N) is 2. The Balaban J connectivity index is 2.02. The van der Waals surface area contributed by atoms with Gasteiger partial charge in [-0.3, -0.25) is 4.79 Å². The largest absolute Gasteiger partial charge is 0.368 e. The van der Waals surface area contributed by atoms with E-state index in [0.717, 1.165) is 17.6 Å². The van der Waals surface area contributed by atoms with Crippen molar-refractivity contribution < 1.29 is 9.53 Å². The van der Waals surface area contributed by atoms with E-state index in [9.17, 15) is 4.79 Å². The van der Waals surface area contributed by atoms with E-state index in [1.54, 1.807) is 0 Å². The molecular weight excluding hydrogens is 252 g/mol. The zero-order chi connectivity index (χ0) is 14.2. The van der Waals surface area contributed by atoms with Crippen LogP contribution < -0.4 is 5.32 Å². The average molecular weight is 272 g/mol. The molecule has 106 valence electrons. The number of rotatable bonds is 3. The van der Waals surface area contributed by atoms with Crippen LogP contribution in [0.25, 0.3) is 10.9 Å². The molecule has 0 saturated heterocycles. The van der Waals surface area contributed by atoms with Crippen LogP contribution in [0, 0.1) is 0 Å². The van der Waals surface area contributed by atoms with Crippen molar-refractivity contribution in [2.24, 2.45) is 0 Å². The maximum absolute atomic E-state index is 11.9. The molecule has 2 N–H and O–H groups in total. The number of ether oxygens (including phenoxy) is 1. The van der Waals surface area contributed by atoms with E-state index in [1.165, 1.54) is 10.9 Å². The fourth-order valence-corrected chi connectivity index (χ4v) is 3.07. The van der Waals surface area contributed by atoms with Gasteiger partial charge in [-0.2, -0.15) is 0 Å². The smallest absolute Gasteiger partial charge is 0.223 e. The highest BCUT2D eigenvalue weighted by atomic mass is 16.5. The fraction of sp³-hybridized carbons (Fsp3) is 0.438. The molecule has 3 rings (SSSR count). The molecule has 0 radical (unpaired) electrons. The molecular formula is C16H20N2O2. The van der Waals surface area contributed by atoms with Crippen LogP contribution in [0.15, 0.2) is 24.3 Å². The van der Waals surface area contributed by atoms with E-state index in [0.29, 0.717) is 19.6 Å². The number of H-pyrrole nitrogens is 1. The minimum atomic E-state index is -0.564. The number of hydrogen-bond donors (Lipinski definition) is 2. The number of amides is 1. The molecule has 1 aliphatic heterocycles. The van der Waals surface area contributed by atoms with Gasteiger partial charge in [0.15, 0.2) is 0 Å². The van der Waals surface area contributed by atoms with E-state index < -0.39 is 5.60 Å². The van der Waals surface area contributed by atoms with Crippen molar-refractivity contribution in [2.45, 2.75) is 32.3 Å². The lowest BCUT2D eigenvalue weighted by Gasteiger charge is -2.33. The second-order valence-electron chi connectivity index (χ2n) is 5.48. The van der Waals surface area contributed by atoms with Gasteiger partial charge in [-0.25, -0.2) is 0 Å². The molecule has 1 unspecified atom stereocenters. The number of para-hydroxylation sites is 1. The lowest BCUT2D eigenvalue weighted by molar-refractivity contribution is -0.130. The van der Waals surface area contributed by atoms with Crippen molar-refractivity contribution >= 4 is 16.8 Å². The highest BCUT2D eigenvalue weighted by Gasteiger charge is 2.37. The molecule has 2 heterocycles. The lowest BCUT2D eigenvalue weighted by Crippen LogP contribution is -2.38. The van der Waals surface area contributed by atoms with Gasteiger partial charge in [0, 0.05) is 17.4 Å². The van der Waals surface area contributed by atoms with Crippen molar-refractivity contribution in [3.8, 4) is 0 Å². The molecule has 4 heteroatoms. The summed E-state index contributed by atoms with van der Waals surface area (Å²) in [5.74, 6) is 0.0292. The van der Waals surface area contributed by atoms with Crippen LogP contribution in [-0.4, -0.2) is 24.0 Å². The topological polar surface area (TPSA) is 54.1 Å². The predicted octanol–water partition coefficient (Wildman–Crippen LogP) is 2.48. The Labute approximate surface area is 118 Å². The lowest BCUT2D eigenvalue weighted by atomic mass is 9.90. The molecule has 4 nitrogen and oxygen atoms in total. The van der Waals surface area contributed by atoms with Crippen LogP contribution in [0.5, 0.6) is 0 Å². The Kier molecular flexibility index (Phi) is 3.26. The molecule has 0 aliphatic carbocycles. The third-order valence-electron chi connectivity index (χ3n) is 3.99. The van der Waals surface area contributed by atoms with E-state index in [2.05, 4.69) is 22.4 Å². The van der Waals surface area contributed by atoms with Crippen LogP contribution in [-0.2, 0) is 21.6 Å². The fourth-order valence-electron chi connectivity index (χ4n) is 3.07. The Bertz CT molecular complexity index is 647. The van der Waals surface area contributed by atoms with Crippen molar-refractivity contribution in [1.29, 1.82) is 0 Å². The van der Waals surface area contributed by atoms with Gasteiger partial charge in [0.2, 0.25) is 5.91 Å². The molecule has 20 heavy (non-hydrogen) atoms. The zero-order valence-electron chi connectivity index (χ0n) is 12.0. The minimum Gasteiger partial charge on any atom is -0.368 e. The molecule has 1 atom stereocenters. The third-order valence-corrected chi connectivity index (χ3v) is 3.99. The quantitative estimate of drug-likeness (QED) is 0.902. The number of benzene rings is 1. The van der Waals surface area contributed by atoms with Gasteiger partial charge in [0.05, 0.1) is 18.7 Å². The first-order chi connectivity index (χ1) is 9.64. The molecule has 1 aromatic carbocycles. The SMILES string of the molecule is CCNC(=O)CC1(C)OCCc2c1[nH]c1ccccc21. The summed E-state index contributed by atoms with van der Waals surface area (Å²) in [6, 6.07) is 8.27. The first-order valence-corrected chi connectivity index (χ1v) is 7.15. The molecule has 0 spiro atoms. The van der Waals surface area contributed by atoms with Gasteiger partial charge >= 0.3 is 0 Å². The Morgan fingerprint density at radius 3 is 3.05 bits per heavy atom. The van der Waals surface area contributed by atoms with Gasteiger partial charge in [0.25, 0.3) is 0 Å². The maximum atomic E-state index is 11.9. The monoisotopic (exact) mass is 272 g/mol. The van der Waals surface area contributed by atoms with E-state index >= 15 is 0 Å². The van der Waals surface area contributed by atoms with Crippen molar-refractivity contribution in [2.75, 3.05) is 13.2 Å². The maximum Gasteiger partial charge on any atom is 0.223 e. The molecule has 2 aromatic rings. The Morgan fingerprint density at radius 1 is 1.45 bits per heavy atom. The standard InChI is InChI=1S/C16H20N2O2/c1-3-17-14(19)10-16(2)15-12(8-9-20-16)11-6-4-5-7-13(11)18-15/h4-7,18H,3,8-10H2,1-2H3,(H,17,19). The zero-order valence-corrected chi connectivity index (χ0v) is 12.0. The highest BCUT2D eigenvalue weighted by Crippen LogP contribution is 2.38. The van der Waals surface area contributed by atoms with Crippen LogP contribution in [0.4, 0.5) is 0 Å². The Hall–Kier alpha value is -1.81. The molecule has 1 amide bonds. The van der Waals surface area contributed by atoms with Crippen LogP contribution in [0.1, 0.15) is 31.5 Å². The first kappa shape index (κ1) is 13.2. The van der Waals surface area contributed by atoms with Gasteiger partial charge < -0.3 is 15.0 Å². The average Bonchev–Trinajstić information content (AvgIpc) is 2.79. The van der Waals surface area contributed by atoms with Crippen molar-refractivity contribution in [3.05, 3.63) is 35.5 Å². The summed E-state index contributed by atoms with van der Waals surface area (Å²) in [5.41, 5.74) is 2.89. The molecule has 0 bridgehead atoms. The summed E-state index contributed by atoms with van der Waals surface area (Å²) in [4.78, 5) is 15.4. The summed E-state index contributed by atoms with van der Waals surface area (Å²) < 4.78 is 5.95. The first-order valence-electron chi connectivity index (χ1n) is 7.15. The van der Waals surface area contributed by atoms with Gasteiger partial charge in [-0.05, 0) is 31.9 Å². The Morgan fingerprint density at radius 2 is 2.25 bits per heavy atom. The van der Waals surface area contributed by atoms with Crippen LogP contribution in [0.3, 0.4) is 0 Å². The highest BCUT2D eigenvalue weighted by molar-refractivity contribution is 5.86. The summed E-state index contributed by atoms with van der Waals surface area (Å²) in [6.07, 6.45) is 1.24. The second kappa shape index (κ2) is 4.94. The van der Waals surface area contributed by atoms with Crippen LogP contribution in [0.2, 0.25) is 0 Å². The summed E-state index contributed by atoms with van der Waals surface area (Å²) in [7, 11) is 0. The molecule has 1 aromatic heterocycles. The second-order valence-corrected chi connectivity index (χ2v) is 5.48. The van der Waals surface area contributed by atoms with E-state index in [1.807, 2.05) is 26.0 Å². The predicted molar refractivity (Wildman–Crippen MR) is 78.6 cm³/mol. The van der Waals surface area contributed by atoms with Gasteiger partial charge in [-0.15, -0.1) is 0 Å². The van der Waals surface area contributed by atoms with Gasteiger partial charge in [0.1, 0.15) is 5.60 Å². The van der Waals surface area contributed by atoms with Gasteiger partial charge in [-0.1, -0.05) is 18.2 Å². The molecule has 0 fully saturated rings. The van der Waals surface area contributed by atoms with Crippen molar-refractivity contribution in [1.82, 2.24) is 10.3 Å². The van der Waals surface area contributed by atoms with E-state index in [4.69, 9.17) is 4.74 Å². The normalized spacial score (nSPS) is 21.7. The molecule has 1 aliphatic rings. The van der Waals surface area contributed by atoms with Crippen molar-refractivity contribution in [3.63, 3.8) is 0 Å². The number of aromatic nitrogens is 1. The number of aromatic amines is 1. The summed E-state index contributed by atoms with van der Waals surface area (Å²) in [6.45, 7) is 5.23. The number of carbonyl (C=O) groups is 1. The summed E-state index contributed by atoms with van der Waals surface area (Å²) >= 11 is 0. The summed E-state index contributed by atoms with van der Waals surface area (Å²) in [5, 5.41) is 4.09. The number of fused-ring (bicyclic) bond motifs is 3. The minimum absolute atomic E-state index is 0.0292. The third kappa shape index (κ3) is 2.10. The number of carbonyl (C=O) groups excluding carboxylic acids is 1. The van der Waals surface area contributed by atoms with E-state index in [-0.39, 0.29) is 5.91 Å². The number of hydrogen-bond acceptors (Lipinski definition) is 2. The van der Waals surface area contributed by atoms with Crippen LogP contribution >= 0.6 is 0 Å². The molecule has 0 saturated carbocycles.